The first-order valence-corrected chi connectivity index (χ1v) is 7.56. The Morgan fingerprint density at radius 3 is 2.70 bits per heavy atom. The van der Waals surface area contributed by atoms with Gasteiger partial charge >= 0.3 is 0 Å². The number of para-hydroxylation sites is 1. The van der Waals surface area contributed by atoms with Crippen LogP contribution in [-0.4, -0.2) is 17.6 Å². The van der Waals surface area contributed by atoms with Crippen molar-refractivity contribution in [2.45, 2.75) is 26.4 Å². The van der Waals surface area contributed by atoms with Crippen LogP contribution in [0.2, 0.25) is 0 Å². The lowest BCUT2D eigenvalue weighted by Gasteiger charge is -2.09. The maximum absolute atomic E-state index is 12.1. The van der Waals surface area contributed by atoms with Crippen molar-refractivity contribution < 1.29 is 18.7 Å². The maximum atomic E-state index is 12.1. The smallest absolute Gasteiger partial charge is 0.287 e. The van der Waals surface area contributed by atoms with E-state index in [0.29, 0.717) is 24.3 Å². The highest BCUT2D eigenvalue weighted by atomic mass is 16.3. The highest BCUT2D eigenvalue weighted by Crippen LogP contribution is 2.23. The second-order valence-corrected chi connectivity index (χ2v) is 5.58. The number of rotatable bonds is 5. The molecule has 0 spiro atoms. The number of hydrogen-bond donors (Lipinski definition) is 2. The average molecular weight is 313 g/mol. The summed E-state index contributed by atoms with van der Waals surface area (Å²) in [5.41, 5.74) is 1.45. The number of benzene rings is 1. The van der Waals surface area contributed by atoms with E-state index in [-0.39, 0.29) is 11.7 Å². The molecule has 0 aliphatic rings. The molecule has 0 radical (unpaired) electrons. The van der Waals surface area contributed by atoms with E-state index in [1.54, 1.807) is 6.07 Å². The number of aryl methyl sites for hydroxylation is 2. The van der Waals surface area contributed by atoms with Gasteiger partial charge in [-0.25, -0.2) is 0 Å². The fraction of sp³-hybridized carbons (Fsp3) is 0.278. The largest absolute Gasteiger partial charge is 0.466 e. The zero-order valence-electron chi connectivity index (χ0n) is 13.1. The maximum Gasteiger partial charge on any atom is 0.287 e. The summed E-state index contributed by atoms with van der Waals surface area (Å²) in [6, 6.07) is 11.0. The van der Waals surface area contributed by atoms with Gasteiger partial charge < -0.3 is 19.3 Å². The summed E-state index contributed by atoms with van der Waals surface area (Å²) in [5, 5.41) is 13.8. The van der Waals surface area contributed by atoms with E-state index < -0.39 is 6.10 Å². The van der Waals surface area contributed by atoms with Gasteiger partial charge in [-0.2, -0.15) is 0 Å². The summed E-state index contributed by atoms with van der Waals surface area (Å²) < 4.78 is 10.9. The molecule has 2 heterocycles. The van der Waals surface area contributed by atoms with E-state index in [9.17, 15) is 9.90 Å². The molecular formula is C18H19NO4. The van der Waals surface area contributed by atoms with Crippen LogP contribution in [0.4, 0.5) is 0 Å². The number of hydrogen-bond acceptors (Lipinski definition) is 4. The Morgan fingerprint density at radius 2 is 2.00 bits per heavy atom. The number of fused-ring (bicyclic) bond motifs is 1. The molecule has 1 amide bonds. The van der Waals surface area contributed by atoms with Gasteiger partial charge in [0.05, 0.1) is 6.10 Å². The number of nitrogens with one attached hydrogen (secondary N) is 1. The van der Waals surface area contributed by atoms with E-state index >= 15 is 0 Å². The molecule has 2 N–H and O–H groups in total. The van der Waals surface area contributed by atoms with Gasteiger partial charge in [0.25, 0.3) is 5.91 Å². The summed E-state index contributed by atoms with van der Waals surface area (Å²) >= 11 is 0. The Balaban J connectivity index is 1.57. The minimum Gasteiger partial charge on any atom is -0.466 e. The van der Waals surface area contributed by atoms with Gasteiger partial charge in [-0.1, -0.05) is 18.2 Å². The highest BCUT2D eigenvalue weighted by molar-refractivity contribution is 5.96. The number of aliphatic hydroxyl groups excluding tert-OH is 1. The van der Waals surface area contributed by atoms with E-state index in [1.807, 2.05) is 44.2 Å². The van der Waals surface area contributed by atoms with Gasteiger partial charge in [-0.3, -0.25) is 4.79 Å². The van der Waals surface area contributed by atoms with Crippen molar-refractivity contribution in [1.82, 2.24) is 5.32 Å². The van der Waals surface area contributed by atoms with Crippen molar-refractivity contribution in [1.29, 1.82) is 0 Å². The highest BCUT2D eigenvalue weighted by Gasteiger charge is 2.16. The minimum atomic E-state index is -0.663. The predicted octanol–water partition coefficient (Wildman–Crippen LogP) is 3.50. The zero-order chi connectivity index (χ0) is 16.4. The van der Waals surface area contributed by atoms with Gasteiger partial charge in [0.15, 0.2) is 5.76 Å². The third-order valence-electron chi connectivity index (χ3n) is 3.79. The molecule has 0 aliphatic heterocycles. The molecule has 0 saturated heterocycles. The lowest BCUT2D eigenvalue weighted by molar-refractivity contribution is 0.0917. The van der Waals surface area contributed by atoms with Crippen molar-refractivity contribution in [2.24, 2.45) is 0 Å². The number of amides is 1. The topological polar surface area (TPSA) is 75.6 Å². The molecule has 3 aromatic rings. The lowest BCUT2D eigenvalue weighted by Crippen LogP contribution is -2.25. The van der Waals surface area contributed by atoms with E-state index in [1.165, 1.54) is 0 Å². The SMILES string of the molecule is Cc1cc(C(O)CCNC(=O)c2cc3ccccc3o2)c(C)o1. The molecule has 2 aromatic heterocycles. The average Bonchev–Trinajstić information content (AvgIpc) is 3.09. The van der Waals surface area contributed by atoms with E-state index in [2.05, 4.69) is 5.32 Å². The van der Waals surface area contributed by atoms with Crippen molar-refractivity contribution >= 4 is 16.9 Å². The first-order valence-electron chi connectivity index (χ1n) is 7.56. The summed E-state index contributed by atoms with van der Waals surface area (Å²) in [6.07, 6.45) is -0.255. The Bertz CT molecular complexity index is 798. The van der Waals surface area contributed by atoms with Crippen LogP contribution < -0.4 is 5.32 Å². The fourth-order valence-corrected chi connectivity index (χ4v) is 2.64. The molecule has 1 unspecified atom stereocenters. The standard InChI is InChI=1S/C18H19NO4/c1-11-9-14(12(2)22-11)15(20)7-8-19-18(21)17-10-13-5-3-4-6-16(13)23-17/h3-6,9-10,15,20H,7-8H2,1-2H3,(H,19,21). The van der Waals surface area contributed by atoms with Crippen LogP contribution in [0.5, 0.6) is 0 Å². The molecule has 0 bridgehead atoms. The van der Waals surface area contributed by atoms with Crippen molar-refractivity contribution in [2.75, 3.05) is 6.54 Å². The normalized spacial score (nSPS) is 12.5. The molecule has 23 heavy (non-hydrogen) atoms. The third-order valence-corrected chi connectivity index (χ3v) is 3.79. The monoisotopic (exact) mass is 313 g/mol. The minimum absolute atomic E-state index is 0.274. The lowest BCUT2D eigenvalue weighted by atomic mass is 10.1. The second kappa shape index (κ2) is 6.30. The van der Waals surface area contributed by atoms with Gasteiger partial charge in [-0.15, -0.1) is 0 Å². The first kappa shape index (κ1) is 15.4. The Kier molecular flexibility index (Phi) is 4.21. The molecule has 1 atom stereocenters. The van der Waals surface area contributed by atoms with Crippen LogP contribution in [0.3, 0.4) is 0 Å². The van der Waals surface area contributed by atoms with Crippen LogP contribution in [0.25, 0.3) is 11.0 Å². The van der Waals surface area contributed by atoms with Crippen LogP contribution in [0.15, 0.2) is 45.2 Å². The Morgan fingerprint density at radius 1 is 1.22 bits per heavy atom. The third kappa shape index (κ3) is 3.29. The van der Waals surface area contributed by atoms with Gasteiger partial charge in [0.2, 0.25) is 0 Å². The number of aliphatic hydroxyl groups is 1. The fourth-order valence-electron chi connectivity index (χ4n) is 2.64. The summed E-state index contributed by atoms with van der Waals surface area (Å²) in [7, 11) is 0. The molecule has 3 rings (SSSR count). The van der Waals surface area contributed by atoms with Crippen molar-refractivity contribution in [3.8, 4) is 0 Å². The molecule has 5 heteroatoms. The number of furan rings is 2. The molecule has 0 saturated carbocycles. The van der Waals surface area contributed by atoms with Crippen molar-refractivity contribution in [3.05, 3.63) is 59.2 Å². The van der Waals surface area contributed by atoms with Crippen molar-refractivity contribution in [3.63, 3.8) is 0 Å². The Hall–Kier alpha value is -2.53. The molecule has 120 valence electrons. The summed E-state index contributed by atoms with van der Waals surface area (Å²) in [4.78, 5) is 12.1. The quantitative estimate of drug-likeness (QED) is 0.756. The summed E-state index contributed by atoms with van der Waals surface area (Å²) in [5.74, 6) is 1.46. The van der Waals surface area contributed by atoms with Crippen LogP contribution in [-0.2, 0) is 0 Å². The second-order valence-electron chi connectivity index (χ2n) is 5.58. The predicted molar refractivity (Wildman–Crippen MR) is 86.3 cm³/mol. The zero-order valence-corrected chi connectivity index (χ0v) is 13.1. The van der Waals surface area contributed by atoms with Crippen LogP contribution in [0, 0.1) is 13.8 Å². The molecule has 0 fully saturated rings. The Labute approximate surface area is 133 Å². The van der Waals surface area contributed by atoms with Crippen LogP contribution in [0.1, 0.15) is 40.2 Å². The van der Waals surface area contributed by atoms with Gasteiger partial charge in [0, 0.05) is 17.5 Å². The molecule has 1 aromatic carbocycles. The van der Waals surface area contributed by atoms with E-state index in [4.69, 9.17) is 8.83 Å². The van der Waals surface area contributed by atoms with Gasteiger partial charge in [-0.05, 0) is 38.5 Å². The summed E-state index contributed by atoms with van der Waals surface area (Å²) in [6.45, 7) is 4.01. The van der Waals surface area contributed by atoms with Gasteiger partial charge in [0.1, 0.15) is 17.1 Å². The molecule has 0 aliphatic carbocycles. The number of carbonyl (C=O) groups is 1. The number of carbonyl (C=O) groups excluding carboxylic acids is 1. The van der Waals surface area contributed by atoms with E-state index in [0.717, 1.165) is 16.7 Å². The molecular weight excluding hydrogens is 294 g/mol. The molecule has 5 nitrogen and oxygen atoms in total. The first-order chi connectivity index (χ1) is 11.0. The van der Waals surface area contributed by atoms with Crippen LogP contribution >= 0.6 is 0 Å².